The van der Waals surface area contributed by atoms with Crippen molar-refractivity contribution in [3.8, 4) is 0 Å². The molecule has 5 nitrogen and oxygen atoms in total. The lowest BCUT2D eigenvalue weighted by Gasteiger charge is -2.08. The maximum Gasteiger partial charge on any atom is 0.251 e. The van der Waals surface area contributed by atoms with E-state index >= 15 is 0 Å². The fourth-order valence-electron chi connectivity index (χ4n) is 1.90. The Morgan fingerprint density at radius 1 is 1.10 bits per heavy atom. The molecule has 1 amide bonds. The average Bonchev–Trinajstić information content (AvgIpc) is 2.48. The molecule has 6 N–H and O–H groups in total. The van der Waals surface area contributed by atoms with Gasteiger partial charge in [-0.3, -0.25) is 10.6 Å². The summed E-state index contributed by atoms with van der Waals surface area (Å²) in [5, 5.41) is 2.87. The molecule has 0 aliphatic heterocycles. The second-order valence-corrected chi connectivity index (χ2v) is 4.44. The Labute approximate surface area is 117 Å². The third kappa shape index (κ3) is 3.49. The van der Waals surface area contributed by atoms with Crippen molar-refractivity contribution in [2.75, 3.05) is 17.7 Å². The molecule has 0 radical (unpaired) electrons. The maximum absolute atomic E-state index is 12.0. The van der Waals surface area contributed by atoms with E-state index in [0.717, 1.165) is 6.42 Å². The van der Waals surface area contributed by atoms with Gasteiger partial charge in [0.05, 0.1) is 11.4 Å². The van der Waals surface area contributed by atoms with Gasteiger partial charge in [0.25, 0.3) is 5.91 Å². The molecule has 0 aromatic heterocycles. The van der Waals surface area contributed by atoms with Crippen LogP contribution in [-0.4, -0.2) is 12.5 Å². The molecular formula is C15H18N4O. The molecule has 0 saturated carbocycles. The van der Waals surface area contributed by atoms with Gasteiger partial charge in [-0.25, -0.2) is 0 Å². The minimum atomic E-state index is -0.142. The van der Waals surface area contributed by atoms with Crippen molar-refractivity contribution < 1.29 is 4.79 Å². The summed E-state index contributed by atoms with van der Waals surface area (Å²) in [6, 6.07) is 15.0. The van der Waals surface area contributed by atoms with Crippen molar-refractivity contribution in [1.29, 1.82) is 0 Å². The van der Waals surface area contributed by atoms with E-state index in [9.17, 15) is 4.79 Å². The number of amides is 1. The van der Waals surface area contributed by atoms with E-state index in [1.165, 1.54) is 5.56 Å². The number of nitrogens with two attached hydrogens (primary N) is 2. The Bertz CT molecular complexity index is 584. The topological polar surface area (TPSA) is 93.2 Å². The number of nitrogen functional groups attached to an aromatic ring is 2. The molecule has 104 valence electrons. The van der Waals surface area contributed by atoms with Gasteiger partial charge < -0.3 is 16.5 Å². The van der Waals surface area contributed by atoms with Crippen molar-refractivity contribution >= 4 is 17.3 Å². The lowest BCUT2D eigenvalue weighted by molar-refractivity contribution is 0.0954. The monoisotopic (exact) mass is 270 g/mol. The average molecular weight is 270 g/mol. The largest absolute Gasteiger partial charge is 0.397 e. The number of hydrogen-bond acceptors (Lipinski definition) is 4. The molecule has 0 atom stereocenters. The van der Waals surface area contributed by atoms with Crippen molar-refractivity contribution in [2.45, 2.75) is 6.42 Å². The predicted octanol–water partition coefficient (Wildman–Crippen LogP) is 1.53. The Kier molecular flexibility index (Phi) is 4.57. The summed E-state index contributed by atoms with van der Waals surface area (Å²) in [6.45, 7) is 0.583. The Balaban J connectivity index is 1.90. The molecule has 0 aliphatic rings. The van der Waals surface area contributed by atoms with Crippen LogP contribution < -0.4 is 22.3 Å². The van der Waals surface area contributed by atoms with Gasteiger partial charge in [-0.1, -0.05) is 30.3 Å². The van der Waals surface area contributed by atoms with Crippen LogP contribution in [0, 0.1) is 0 Å². The van der Waals surface area contributed by atoms with Gasteiger partial charge in [0, 0.05) is 12.1 Å². The second kappa shape index (κ2) is 6.58. The summed E-state index contributed by atoms with van der Waals surface area (Å²) in [5.41, 5.74) is 11.0. The van der Waals surface area contributed by atoms with Crippen LogP contribution >= 0.6 is 0 Å². The van der Waals surface area contributed by atoms with E-state index in [0.29, 0.717) is 23.5 Å². The molecule has 2 aromatic rings. The molecule has 0 saturated heterocycles. The van der Waals surface area contributed by atoms with Crippen LogP contribution in [0.3, 0.4) is 0 Å². The minimum Gasteiger partial charge on any atom is -0.397 e. The number of carbonyl (C=O) groups is 1. The van der Waals surface area contributed by atoms with Crippen LogP contribution in [0.5, 0.6) is 0 Å². The summed E-state index contributed by atoms with van der Waals surface area (Å²) in [4.78, 5) is 12.0. The highest BCUT2D eigenvalue weighted by molar-refractivity contribution is 5.96. The number of hydrazine groups is 1. The van der Waals surface area contributed by atoms with Crippen LogP contribution in [0.2, 0.25) is 0 Å². The molecule has 0 fully saturated rings. The van der Waals surface area contributed by atoms with Gasteiger partial charge in [0.15, 0.2) is 0 Å². The summed E-state index contributed by atoms with van der Waals surface area (Å²) >= 11 is 0. The Hall–Kier alpha value is -2.53. The molecule has 0 unspecified atom stereocenters. The Morgan fingerprint density at radius 3 is 2.50 bits per heavy atom. The standard InChI is InChI=1S/C15H18N4O/c16-13-10-12(6-7-14(13)19-17)15(20)18-9-8-11-4-2-1-3-5-11/h1-7,10,19H,8-9,16-17H2,(H,18,20). The first kappa shape index (κ1) is 13.9. The zero-order valence-electron chi connectivity index (χ0n) is 11.1. The molecule has 2 rings (SSSR count). The van der Waals surface area contributed by atoms with Crippen LogP contribution in [0.15, 0.2) is 48.5 Å². The van der Waals surface area contributed by atoms with Crippen LogP contribution in [-0.2, 0) is 6.42 Å². The van der Waals surface area contributed by atoms with Crippen molar-refractivity contribution in [3.05, 3.63) is 59.7 Å². The normalized spacial score (nSPS) is 10.1. The highest BCUT2D eigenvalue weighted by Crippen LogP contribution is 2.18. The highest BCUT2D eigenvalue weighted by atomic mass is 16.1. The van der Waals surface area contributed by atoms with E-state index in [1.807, 2.05) is 30.3 Å². The molecule has 0 aliphatic carbocycles. The molecule has 20 heavy (non-hydrogen) atoms. The summed E-state index contributed by atoms with van der Waals surface area (Å²) in [6.07, 6.45) is 0.796. The van der Waals surface area contributed by atoms with Crippen molar-refractivity contribution in [2.24, 2.45) is 5.84 Å². The van der Waals surface area contributed by atoms with E-state index in [1.54, 1.807) is 18.2 Å². The molecule has 0 heterocycles. The van der Waals surface area contributed by atoms with Gasteiger partial charge >= 0.3 is 0 Å². The van der Waals surface area contributed by atoms with Gasteiger partial charge in [-0.2, -0.15) is 0 Å². The number of rotatable bonds is 5. The third-order valence-corrected chi connectivity index (χ3v) is 3.01. The molecule has 0 bridgehead atoms. The fraction of sp³-hybridized carbons (Fsp3) is 0.133. The van der Waals surface area contributed by atoms with Gasteiger partial charge in [-0.15, -0.1) is 0 Å². The zero-order chi connectivity index (χ0) is 14.4. The van der Waals surface area contributed by atoms with Crippen LogP contribution in [0.1, 0.15) is 15.9 Å². The molecule has 5 heteroatoms. The van der Waals surface area contributed by atoms with Gasteiger partial charge in [0.1, 0.15) is 0 Å². The first-order valence-electron chi connectivity index (χ1n) is 6.39. The summed E-state index contributed by atoms with van der Waals surface area (Å²) in [7, 11) is 0. The smallest absolute Gasteiger partial charge is 0.251 e. The summed E-state index contributed by atoms with van der Waals surface area (Å²) in [5.74, 6) is 5.15. The highest BCUT2D eigenvalue weighted by Gasteiger charge is 2.07. The fourth-order valence-corrected chi connectivity index (χ4v) is 1.90. The quantitative estimate of drug-likeness (QED) is 0.376. The number of hydrogen-bond donors (Lipinski definition) is 4. The Morgan fingerprint density at radius 2 is 1.85 bits per heavy atom. The SMILES string of the molecule is NNc1ccc(C(=O)NCCc2ccccc2)cc1N. The predicted molar refractivity (Wildman–Crippen MR) is 81.1 cm³/mol. The minimum absolute atomic E-state index is 0.142. The van der Waals surface area contributed by atoms with Gasteiger partial charge in [-0.05, 0) is 30.2 Å². The number of carbonyl (C=O) groups excluding carboxylic acids is 1. The lowest BCUT2D eigenvalue weighted by atomic mass is 10.1. The third-order valence-electron chi connectivity index (χ3n) is 3.01. The maximum atomic E-state index is 12.0. The zero-order valence-corrected chi connectivity index (χ0v) is 11.1. The van der Waals surface area contributed by atoms with Crippen LogP contribution in [0.25, 0.3) is 0 Å². The van der Waals surface area contributed by atoms with E-state index in [-0.39, 0.29) is 5.91 Å². The number of nitrogens with one attached hydrogen (secondary N) is 2. The lowest BCUT2D eigenvalue weighted by Crippen LogP contribution is -2.25. The first-order chi connectivity index (χ1) is 9.70. The number of benzene rings is 2. The van der Waals surface area contributed by atoms with Crippen LogP contribution in [0.4, 0.5) is 11.4 Å². The first-order valence-corrected chi connectivity index (χ1v) is 6.39. The second-order valence-electron chi connectivity index (χ2n) is 4.44. The molecule has 0 spiro atoms. The van der Waals surface area contributed by atoms with E-state index in [2.05, 4.69) is 10.7 Å². The van der Waals surface area contributed by atoms with E-state index in [4.69, 9.17) is 11.6 Å². The molecule has 2 aromatic carbocycles. The van der Waals surface area contributed by atoms with Crippen molar-refractivity contribution in [3.63, 3.8) is 0 Å². The van der Waals surface area contributed by atoms with Gasteiger partial charge in [0.2, 0.25) is 0 Å². The number of anilines is 2. The van der Waals surface area contributed by atoms with Crippen molar-refractivity contribution in [1.82, 2.24) is 5.32 Å². The van der Waals surface area contributed by atoms with E-state index < -0.39 is 0 Å². The molecular weight excluding hydrogens is 252 g/mol. The summed E-state index contributed by atoms with van der Waals surface area (Å²) < 4.78 is 0.